The van der Waals surface area contributed by atoms with Gasteiger partial charge in [-0.15, -0.1) is 0 Å². The molecule has 0 unspecified atom stereocenters. The molecule has 8 nitrogen and oxygen atoms in total. The van der Waals surface area contributed by atoms with E-state index in [1.807, 2.05) is 0 Å². The fourth-order valence-electron chi connectivity index (χ4n) is 1.91. The molecule has 0 bridgehead atoms. The first-order chi connectivity index (χ1) is 8.74. The highest BCUT2D eigenvalue weighted by molar-refractivity contribution is 5.78. The number of amides is 1. The number of anilines is 1. The Morgan fingerprint density at radius 1 is 1.50 bits per heavy atom. The molecule has 8 heteroatoms. The van der Waals surface area contributed by atoms with Crippen molar-refractivity contribution in [1.82, 2.24) is 24.8 Å². The maximum Gasteiger partial charge on any atom is 0.246 e. The molecule has 0 saturated carbocycles. The summed E-state index contributed by atoms with van der Waals surface area (Å²) >= 11 is 0. The third kappa shape index (κ3) is 1.81. The summed E-state index contributed by atoms with van der Waals surface area (Å²) in [4.78, 5) is 27.9. The van der Waals surface area contributed by atoms with Gasteiger partial charge in [0.15, 0.2) is 12.4 Å². The van der Waals surface area contributed by atoms with E-state index >= 15 is 0 Å². The van der Waals surface area contributed by atoms with E-state index in [0.717, 1.165) is 6.42 Å². The number of likely N-dealkylation sites (tertiary alicyclic amines) is 1. The fourth-order valence-corrected chi connectivity index (χ4v) is 1.91. The molecule has 2 aromatic heterocycles. The zero-order valence-corrected chi connectivity index (χ0v) is 9.59. The second-order valence-electron chi connectivity index (χ2n) is 4.02. The van der Waals surface area contributed by atoms with E-state index < -0.39 is 0 Å². The van der Waals surface area contributed by atoms with Crippen LogP contribution in [0.15, 0.2) is 6.33 Å². The molecule has 2 aromatic rings. The minimum atomic E-state index is 0.0948. The molecule has 1 amide bonds. The van der Waals surface area contributed by atoms with Crippen LogP contribution in [0.3, 0.4) is 0 Å². The van der Waals surface area contributed by atoms with E-state index in [1.54, 1.807) is 4.90 Å². The number of hydrogen-bond acceptors (Lipinski definition) is 6. The summed E-state index contributed by atoms with van der Waals surface area (Å²) in [6.07, 6.45) is 2.94. The molecule has 3 N–H and O–H groups in total. The van der Waals surface area contributed by atoms with Crippen LogP contribution in [0.25, 0.3) is 11.2 Å². The van der Waals surface area contributed by atoms with Gasteiger partial charge >= 0.3 is 0 Å². The Hall–Kier alpha value is -2.38. The Morgan fingerprint density at radius 3 is 3.17 bits per heavy atom. The van der Waals surface area contributed by atoms with E-state index in [9.17, 15) is 4.79 Å². The molecule has 0 radical (unpaired) electrons. The first-order valence-corrected chi connectivity index (χ1v) is 5.61. The highest BCUT2D eigenvalue weighted by Gasteiger charge is 2.21. The van der Waals surface area contributed by atoms with Crippen LogP contribution in [0, 0.1) is 0 Å². The van der Waals surface area contributed by atoms with E-state index in [0.29, 0.717) is 30.0 Å². The van der Waals surface area contributed by atoms with Crippen molar-refractivity contribution in [3.8, 4) is 5.88 Å². The quantitative estimate of drug-likeness (QED) is 0.784. The number of hydrogen-bond donors (Lipinski definition) is 2. The number of carbonyl (C=O) groups excluding carboxylic acids is 1. The number of aromatic nitrogens is 4. The van der Waals surface area contributed by atoms with Crippen molar-refractivity contribution in [3.63, 3.8) is 0 Å². The van der Waals surface area contributed by atoms with Crippen LogP contribution in [0.2, 0.25) is 0 Å². The average molecular weight is 248 g/mol. The molecular weight excluding hydrogens is 236 g/mol. The lowest BCUT2D eigenvalue weighted by atomic mass is 10.4. The molecular formula is C10H12N6O2. The Balaban J connectivity index is 1.81. The number of aromatic amines is 1. The number of imidazole rings is 1. The van der Waals surface area contributed by atoms with Gasteiger partial charge in [-0.1, -0.05) is 0 Å². The normalized spacial score (nSPS) is 15.6. The molecule has 3 heterocycles. The predicted molar refractivity (Wildman–Crippen MR) is 62.5 cm³/mol. The maximum atomic E-state index is 11.4. The van der Waals surface area contributed by atoms with E-state index in [1.165, 1.54) is 6.33 Å². The standard InChI is InChI=1S/C10H12N6O2/c11-10-14-8-7(12-4-13-8)9(15-10)18-5-16-3-1-2-6(16)17/h4H,1-3,5H2,(H3,11,12,13,14,15). The number of nitrogens with one attached hydrogen (secondary N) is 1. The number of fused-ring (bicyclic) bond motifs is 1. The Morgan fingerprint density at radius 2 is 2.39 bits per heavy atom. The van der Waals surface area contributed by atoms with Crippen LogP contribution in [-0.2, 0) is 4.79 Å². The minimum absolute atomic E-state index is 0.0948. The lowest BCUT2D eigenvalue weighted by Crippen LogP contribution is -2.29. The van der Waals surface area contributed by atoms with Gasteiger partial charge in [-0.3, -0.25) is 4.79 Å². The Labute approximate surface area is 102 Å². The minimum Gasteiger partial charge on any atom is -0.454 e. The monoisotopic (exact) mass is 248 g/mol. The highest BCUT2D eigenvalue weighted by Crippen LogP contribution is 2.20. The van der Waals surface area contributed by atoms with Gasteiger partial charge in [-0.25, -0.2) is 4.98 Å². The molecule has 94 valence electrons. The van der Waals surface area contributed by atoms with Crippen LogP contribution in [-0.4, -0.2) is 44.0 Å². The number of nitrogen functional groups attached to an aromatic ring is 1. The molecule has 0 aromatic carbocycles. The molecule has 3 rings (SSSR count). The smallest absolute Gasteiger partial charge is 0.246 e. The topological polar surface area (TPSA) is 110 Å². The second kappa shape index (κ2) is 4.13. The number of rotatable bonds is 3. The van der Waals surface area contributed by atoms with Crippen LogP contribution >= 0.6 is 0 Å². The SMILES string of the molecule is Nc1nc(OCN2CCCC2=O)c2[nH]cnc2n1. The fraction of sp³-hybridized carbons (Fsp3) is 0.400. The first-order valence-electron chi connectivity index (χ1n) is 5.61. The van der Waals surface area contributed by atoms with Crippen molar-refractivity contribution in [2.45, 2.75) is 12.8 Å². The Kier molecular flexibility index (Phi) is 2.47. The van der Waals surface area contributed by atoms with Crippen LogP contribution in [0.5, 0.6) is 5.88 Å². The third-order valence-corrected chi connectivity index (χ3v) is 2.80. The molecule has 1 saturated heterocycles. The summed E-state index contributed by atoms with van der Waals surface area (Å²) in [5, 5.41) is 0. The Bertz CT molecular complexity index is 595. The van der Waals surface area contributed by atoms with Gasteiger partial charge in [0, 0.05) is 13.0 Å². The van der Waals surface area contributed by atoms with Gasteiger partial charge in [-0.05, 0) is 6.42 Å². The van der Waals surface area contributed by atoms with E-state index in [4.69, 9.17) is 10.5 Å². The third-order valence-electron chi connectivity index (χ3n) is 2.80. The largest absolute Gasteiger partial charge is 0.454 e. The number of carbonyl (C=O) groups is 1. The van der Waals surface area contributed by atoms with Gasteiger partial charge < -0.3 is 20.4 Å². The summed E-state index contributed by atoms with van der Waals surface area (Å²) in [6, 6.07) is 0. The van der Waals surface area contributed by atoms with E-state index in [2.05, 4.69) is 19.9 Å². The van der Waals surface area contributed by atoms with Crippen LogP contribution in [0.4, 0.5) is 5.95 Å². The summed E-state index contributed by atoms with van der Waals surface area (Å²) < 4.78 is 5.52. The molecule has 0 atom stereocenters. The molecule has 0 aliphatic carbocycles. The maximum absolute atomic E-state index is 11.4. The second-order valence-corrected chi connectivity index (χ2v) is 4.02. The van der Waals surface area contributed by atoms with Crippen molar-refractivity contribution < 1.29 is 9.53 Å². The molecule has 0 spiro atoms. The summed E-state index contributed by atoms with van der Waals surface area (Å²) in [7, 11) is 0. The van der Waals surface area contributed by atoms with E-state index in [-0.39, 0.29) is 18.6 Å². The molecule has 1 aliphatic rings. The number of nitrogens with two attached hydrogens (primary N) is 1. The van der Waals surface area contributed by atoms with Crippen LogP contribution in [0.1, 0.15) is 12.8 Å². The number of ether oxygens (including phenoxy) is 1. The summed E-state index contributed by atoms with van der Waals surface area (Å²) in [5.74, 6) is 0.505. The zero-order valence-electron chi connectivity index (χ0n) is 9.59. The molecule has 1 fully saturated rings. The van der Waals surface area contributed by atoms with Crippen molar-refractivity contribution in [2.75, 3.05) is 19.0 Å². The zero-order chi connectivity index (χ0) is 12.5. The lowest BCUT2D eigenvalue weighted by molar-refractivity contribution is -0.130. The van der Waals surface area contributed by atoms with Gasteiger partial charge in [0.2, 0.25) is 17.7 Å². The van der Waals surface area contributed by atoms with Crippen molar-refractivity contribution in [2.24, 2.45) is 0 Å². The molecule has 18 heavy (non-hydrogen) atoms. The average Bonchev–Trinajstić information content (AvgIpc) is 2.94. The van der Waals surface area contributed by atoms with Gasteiger partial charge in [0.25, 0.3) is 0 Å². The highest BCUT2D eigenvalue weighted by atomic mass is 16.5. The van der Waals surface area contributed by atoms with Crippen molar-refractivity contribution >= 4 is 23.0 Å². The summed E-state index contributed by atoms with van der Waals surface area (Å²) in [6.45, 7) is 0.884. The van der Waals surface area contributed by atoms with Crippen molar-refractivity contribution in [1.29, 1.82) is 0 Å². The van der Waals surface area contributed by atoms with Gasteiger partial charge in [0.1, 0.15) is 5.52 Å². The van der Waals surface area contributed by atoms with Gasteiger partial charge in [0.05, 0.1) is 6.33 Å². The predicted octanol–water partition coefficient (Wildman–Crippen LogP) is -0.106. The molecule has 1 aliphatic heterocycles. The summed E-state index contributed by atoms with van der Waals surface area (Å²) in [5.41, 5.74) is 6.59. The van der Waals surface area contributed by atoms with Crippen LogP contribution < -0.4 is 10.5 Å². The number of nitrogens with zero attached hydrogens (tertiary/aromatic N) is 4. The lowest BCUT2D eigenvalue weighted by Gasteiger charge is -2.15. The van der Waals surface area contributed by atoms with Gasteiger partial charge in [-0.2, -0.15) is 9.97 Å². The number of H-pyrrole nitrogens is 1. The first kappa shape index (κ1) is 10.8. The van der Waals surface area contributed by atoms with Crippen molar-refractivity contribution in [3.05, 3.63) is 6.33 Å².